The van der Waals surface area contributed by atoms with E-state index in [4.69, 9.17) is 16.3 Å². The smallest absolute Gasteiger partial charge is 0.137 e. The zero-order valence-electron chi connectivity index (χ0n) is 9.83. The summed E-state index contributed by atoms with van der Waals surface area (Å²) in [6.45, 7) is 4.35. The number of anilines is 1. The number of hydrogen-bond acceptors (Lipinski definition) is 3. The minimum atomic E-state index is 0.128. The molecule has 0 saturated heterocycles. The van der Waals surface area contributed by atoms with E-state index in [1.54, 1.807) is 13.3 Å². The van der Waals surface area contributed by atoms with Gasteiger partial charge in [0.2, 0.25) is 0 Å². The van der Waals surface area contributed by atoms with Crippen LogP contribution in [0.2, 0.25) is 0 Å². The second kappa shape index (κ2) is 4.13. The summed E-state index contributed by atoms with van der Waals surface area (Å²) >= 11 is 6.17. The molecule has 0 amide bonds. The first-order chi connectivity index (χ1) is 7.54. The van der Waals surface area contributed by atoms with Gasteiger partial charge in [0.1, 0.15) is 11.6 Å². The molecule has 1 aliphatic rings. The number of methoxy groups -OCH3 is 1. The molecule has 1 aliphatic carbocycles. The maximum atomic E-state index is 6.17. The summed E-state index contributed by atoms with van der Waals surface area (Å²) in [6.07, 6.45) is 2.70. The summed E-state index contributed by atoms with van der Waals surface area (Å²) in [4.78, 5) is 4.28. The van der Waals surface area contributed by atoms with Crippen molar-refractivity contribution in [3.8, 4) is 5.75 Å². The molecule has 88 valence electrons. The maximum Gasteiger partial charge on any atom is 0.137 e. The number of pyridine rings is 1. The van der Waals surface area contributed by atoms with Crippen LogP contribution in [0.1, 0.15) is 20.3 Å². The Morgan fingerprint density at radius 3 is 2.69 bits per heavy atom. The predicted molar refractivity (Wildman–Crippen MR) is 66.2 cm³/mol. The van der Waals surface area contributed by atoms with Gasteiger partial charge in [-0.3, -0.25) is 0 Å². The van der Waals surface area contributed by atoms with Gasteiger partial charge >= 0.3 is 0 Å². The number of ether oxygens (including phenoxy) is 1. The third kappa shape index (κ3) is 1.96. The van der Waals surface area contributed by atoms with Crippen LogP contribution >= 0.6 is 11.6 Å². The van der Waals surface area contributed by atoms with Crippen LogP contribution in [0.25, 0.3) is 0 Å². The van der Waals surface area contributed by atoms with Crippen molar-refractivity contribution in [1.82, 2.24) is 4.98 Å². The van der Waals surface area contributed by atoms with Crippen molar-refractivity contribution in [2.24, 2.45) is 5.41 Å². The van der Waals surface area contributed by atoms with Gasteiger partial charge < -0.3 is 10.1 Å². The van der Waals surface area contributed by atoms with E-state index in [0.717, 1.165) is 18.0 Å². The number of alkyl halides is 1. The Labute approximate surface area is 101 Å². The average Bonchev–Trinajstić information content (AvgIpc) is 2.29. The molecular formula is C12H17ClN2O. The molecule has 2 rings (SSSR count). The Morgan fingerprint density at radius 2 is 2.25 bits per heavy atom. The van der Waals surface area contributed by atoms with E-state index in [-0.39, 0.29) is 10.8 Å². The number of aromatic nitrogens is 1. The van der Waals surface area contributed by atoms with E-state index in [1.165, 1.54) is 0 Å². The summed E-state index contributed by atoms with van der Waals surface area (Å²) in [5.41, 5.74) is 0.128. The molecule has 0 radical (unpaired) electrons. The van der Waals surface area contributed by atoms with E-state index in [2.05, 4.69) is 24.1 Å². The lowest BCUT2D eigenvalue weighted by molar-refractivity contribution is 0.168. The number of nitrogens with zero attached hydrogens (tertiary/aromatic N) is 1. The number of hydrogen-bond donors (Lipinski definition) is 1. The quantitative estimate of drug-likeness (QED) is 0.825. The van der Waals surface area contributed by atoms with E-state index in [0.29, 0.717) is 6.04 Å². The van der Waals surface area contributed by atoms with Crippen LogP contribution < -0.4 is 10.1 Å². The van der Waals surface area contributed by atoms with Crippen LogP contribution in [0.15, 0.2) is 18.3 Å². The lowest BCUT2D eigenvalue weighted by atomic mass is 9.67. The van der Waals surface area contributed by atoms with Crippen LogP contribution in [-0.4, -0.2) is 23.5 Å². The van der Waals surface area contributed by atoms with E-state index >= 15 is 0 Å². The van der Waals surface area contributed by atoms with Crippen molar-refractivity contribution in [3.05, 3.63) is 18.3 Å². The van der Waals surface area contributed by atoms with E-state index < -0.39 is 0 Å². The molecular weight excluding hydrogens is 224 g/mol. The highest BCUT2D eigenvalue weighted by molar-refractivity contribution is 6.21. The van der Waals surface area contributed by atoms with Crippen molar-refractivity contribution >= 4 is 17.4 Å². The summed E-state index contributed by atoms with van der Waals surface area (Å²) < 4.78 is 5.06. The Kier molecular flexibility index (Phi) is 2.98. The van der Waals surface area contributed by atoms with Gasteiger partial charge in [-0.1, -0.05) is 13.8 Å². The second-order valence-corrected chi connectivity index (χ2v) is 5.33. The molecule has 1 aromatic heterocycles. The Balaban J connectivity index is 2.00. The van der Waals surface area contributed by atoms with Crippen molar-refractivity contribution in [1.29, 1.82) is 0 Å². The van der Waals surface area contributed by atoms with Crippen LogP contribution in [0.3, 0.4) is 0 Å². The van der Waals surface area contributed by atoms with Gasteiger partial charge in [0, 0.05) is 16.8 Å². The fraction of sp³-hybridized carbons (Fsp3) is 0.583. The second-order valence-electron chi connectivity index (χ2n) is 4.80. The number of nitrogens with one attached hydrogen (secondary N) is 1. The molecule has 2 atom stereocenters. The van der Waals surface area contributed by atoms with Gasteiger partial charge in [0.05, 0.1) is 13.3 Å². The molecule has 0 bridgehead atoms. The molecule has 0 aromatic carbocycles. The molecule has 2 unspecified atom stereocenters. The minimum Gasteiger partial charge on any atom is -0.495 e. The molecule has 0 spiro atoms. The third-order valence-corrected chi connectivity index (χ3v) is 4.18. The summed E-state index contributed by atoms with van der Waals surface area (Å²) in [6, 6.07) is 4.23. The fourth-order valence-electron chi connectivity index (χ4n) is 1.88. The highest BCUT2D eigenvalue weighted by Gasteiger charge is 2.47. The molecule has 1 N–H and O–H groups in total. The third-order valence-electron chi connectivity index (χ3n) is 3.44. The van der Waals surface area contributed by atoms with Crippen molar-refractivity contribution in [3.63, 3.8) is 0 Å². The first-order valence-electron chi connectivity index (χ1n) is 5.44. The topological polar surface area (TPSA) is 34.1 Å². The first-order valence-corrected chi connectivity index (χ1v) is 5.88. The first kappa shape index (κ1) is 11.5. The highest BCUT2D eigenvalue weighted by Crippen LogP contribution is 2.45. The monoisotopic (exact) mass is 240 g/mol. The van der Waals surface area contributed by atoms with E-state index in [1.807, 2.05) is 12.1 Å². The highest BCUT2D eigenvalue weighted by atomic mass is 35.5. The average molecular weight is 241 g/mol. The SMILES string of the molecule is COc1ccc(NC2CC(Cl)C2(C)C)nc1. The zero-order chi connectivity index (χ0) is 11.8. The standard InChI is InChI=1S/C12H17ClN2O/c1-12(2)9(13)6-10(12)15-11-5-4-8(16-3)7-14-11/h4-5,7,9-10H,6H2,1-3H3,(H,14,15). The number of rotatable bonds is 3. The fourth-order valence-corrected chi connectivity index (χ4v) is 2.21. The largest absolute Gasteiger partial charge is 0.495 e. The molecule has 16 heavy (non-hydrogen) atoms. The van der Waals surface area contributed by atoms with Gasteiger partial charge in [-0.05, 0) is 18.6 Å². The van der Waals surface area contributed by atoms with Crippen LogP contribution in [0.5, 0.6) is 5.75 Å². The molecule has 1 heterocycles. The maximum absolute atomic E-state index is 6.17. The van der Waals surface area contributed by atoms with Crippen molar-refractivity contribution < 1.29 is 4.74 Å². The predicted octanol–water partition coefficient (Wildman–Crippen LogP) is 2.91. The summed E-state index contributed by atoms with van der Waals surface area (Å²) in [7, 11) is 1.64. The van der Waals surface area contributed by atoms with Gasteiger partial charge in [-0.25, -0.2) is 4.98 Å². The van der Waals surface area contributed by atoms with Crippen LogP contribution in [0, 0.1) is 5.41 Å². The van der Waals surface area contributed by atoms with Gasteiger partial charge in [0.15, 0.2) is 0 Å². The molecule has 1 aromatic rings. The Bertz CT molecular complexity index is 364. The summed E-state index contributed by atoms with van der Waals surface area (Å²) in [5.74, 6) is 1.65. The van der Waals surface area contributed by atoms with Crippen LogP contribution in [-0.2, 0) is 0 Å². The van der Waals surface area contributed by atoms with Crippen molar-refractivity contribution in [2.45, 2.75) is 31.7 Å². The number of halogens is 1. The molecule has 4 heteroatoms. The Morgan fingerprint density at radius 1 is 1.50 bits per heavy atom. The zero-order valence-corrected chi connectivity index (χ0v) is 10.6. The van der Waals surface area contributed by atoms with Crippen LogP contribution in [0.4, 0.5) is 5.82 Å². The lowest BCUT2D eigenvalue weighted by Crippen LogP contribution is -2.54. The van der Waals surface area contributed by atoms with E-state index in [9.17, 15) is 0 Å². The molecule has 3 nitrogen and oxygen atoms in total. The molecule has 1 fully saturated rings. The lowest BCUT2D eigenvalue weighted by Gasteiger charge is -2.49. The van der Waals surface area contributed by atoms with Gasteiger partial charge in [0.25, 0.3) is 0 Å². The summed E-state index contributed by atoms with van der Waals surface area (Å²) in [5, 5.41) is 3.65. The van der Waals surface area contributed by atoms with Crippen molar-refractivity contribution in [2.75, 3.05) is 12.4 Å². The van der Waals surface area contributed by atoms with Gasteiger partial charge in [-0.15, -0.1) is 11.6 Å². The minimum absolute atomic E-state index is 0.128. The molecule has 1 saturated carbocycles. The normalized spacial score (nSPS) is 27.0. The van der Waals surface area contributed by atoms with Gasteiger partial charge in [-0.2, -0.15) is 0 Å². The Hall–Kier alpha value is -0.960. The molecule has 0 aliphatic heterocycles.